The van der Waals surface area contributed by atoms with E-state index in [4.69, 9.17) is 0 Å². The second-order valence-corrected chi connectivity index (χ2v) is 4.19. The van der Waals surface area contributed by atoms with Crippen LogP contribution in [0.4, 0.5) is 0 Å². The van der Waals surface area contributed by atoms with Crippen LogP contribution in [-0.2, 0) is 12.8 Å². The monoisotopic (exact) mass is 309 g/mol. The van der Waals surface area contributed by atoms with Crippen LogP contribution < -0.4 is 3.51 Å². The summed E-state index contributed by atoms with van der Waals surface area (Å²) in [6.45, 7) is 4.46. The van der Waals surface area contributed by atoms with Crippen LogP contribution in [0.25, 0.3) is 0 Å². The fourth-order valence-electron chi connectivity index (χ4n) is 1.38. The summed E-state index contributed by atoms with van der Waals surface area (Å²) in [5, 5.41) is 0. The Morgan fingerprint density at radius 2 is 1.57 bits per heavy atom. The minimum absolute atomic E-state index is 0. The molecule has 0 fully saturated rings. The quantitative estimate of drug-likeness (QED) is 0.618. The van der Waals surface area contributed by atoms with Gasteiger partial charge in [-0.25, -0.2) is 0 Å². The van der Waals surface area contributed by atoms with Crippen LogP contribution in [0.5, 0.6) is 0 Å². The minimum atomic E-state index is 0. The zero-order valence-corrected chi connectivity index (χ0v) is 11.5. The molecule has 14 heavy (non-hydrogen) atoms. The molecule has 0 saturated heterocycles. The van der Waals surface area contributed by atoms with Crippen LogP contribution >= 0.6 is 0 Å². The van der Waals surface area contributed by atoms with Crippen molar-refractivity contribution in [3.63, 3.8) is 0 Å². The predicted octanol–water partition coefficient (Wildman–Crippen LogP) is -1.14. The first-order valence-corrected chi connectivity index (χ1v) is 5.54. The van der Waals surface area contributed by atoms with Gasteiger partial charge < -0.3 is 16.4 Å². The average Bonchev–Trinajstić information content (AvgIpc) is 2.04. The van der Waals surface area contributed by atoms with Gasteiger partial charge in [-0.2, -0.15) is 0 Å². The van der Waals surface area contributed by atoms with Crippen molar-refractivity contribution < 1.29 is 16.4 Å². The predicted molar refractivity (Wildman–Crippen MR) is 62.8 cm³/mol. The maximum absolute atomic E-state index is 2.24. The van der Waals surface area contributed by atoms with E-state index in [0.29, 0.717) is 0 Å². The maximum atomic E-state index is 2.24. The summed E-state index contributed by atoms with van der Waals surface area (Å²) in [4.78, 5) is 0. The molecule has 0 atom stereocenters. The second-order valence-electron chi connectivity index (χ2n) is 2.65. The van der Waals surface area contributed by atoms with Crippen molar-refractivity contribution in [1.82, 2.24) is 0 Å². The molecule has 0 aliphatic rings. The van der Waals surface area contributed by atoms with Gasteiger partial charge in [-0.05, 0) is 0 Å². The first-order chi connectivity index (χ1) is 5.29. The number of aryl methyl sites for hydroxylation is 1. The molecule has 0 unspecified atom stereocenters. The van der Waals surface area contributed by atoms with Gasteiger partial charge in [-0.15, -0.1) is 0 Å². The summed E-state index contributed by atoms with van der Waals surface area (Å²) in [6, 6.07) is 6.64. The summed E-state index contributed by atoms with van der Waals surface area (Å²) in [6.07, 6.45) is 2.36. The molecule has 3 nitrogen and oxygen atoms in total. The summed E-state index contributed by atoms with van der Waals surface area (Å²) >= 11 is 1.54. The van der Waals surface area contributed by atoms with Crippen molar-refractivity contribution in [3.05, 3.63) is 29.3 Å². The second kappa shape index (κ2) is 9.47. The van der Waals surface area contributed by atoms with Gasteiger partial charge in [0.15, 0.2) is 0 Å². The first kappa shape index (κ1) is 19.5. The topological polar surface area (TPSA) is 94.5 Å². The summed E-state index contributed by atoms with van der Waals surface area (Å²) in [5.41, 5.74) is 3.11. The molecule has 0 amide bonds. The van der Waals surface area contributed by atoms with Crippen molar-refractivity contribution >= 4 is 26.5 Å². The molecule has 1 aromatic carbocycles. The van der Waals surface area contributed by atoms with E-state index in [0.717, 1.165) is 0 Å². The molecule has 83 valence electrons. The zero-order valence-electron chi connectivity index (χ0n) is 8.65. The molecule has 1 radical (unpaired) electrons. The third kappa shape index (κ3) is 4.43. The van der Waals surface area contributed by atoms with Crippen LogP contribution in [0.15, 0.2) is 18.2 Å². The van der Waals surface area contributed by atoms with E-state index in [2.05, 4.69) is 32.0 Å². The van der Waals surface area contributed by atoms with Gasteiger partial charge in [0, 0.05) is 0 Å². The van der Waals surface area contributed by atoms with E-state index in [1.807, 2.05) is 0 Å². The van der Waals surface area contributed by atoms with Gasteiger partial charge in [-0.1, -0.05) is 0 Å². The van der Waals surface area contributed by atoms with E-state index >= 15 is 0 Å². The smallest absolute Gasteiger partial charge is 0.412 e. The number of hydrogen-bond donors (Lipinski definition) is 0. The van der Waals surface area contributed by atoms with Crippen molar-refractivity contribution in [2.75, 3.05) is 0 Å². The minimum Gasteiger partial charge on any atom is -0.412 e. The Hall–Kier alpha value is -0.0818. The van der Waals surface area contributed by atoms with Gasteiger partial charge in [0.1, 0.15) is 0 Å². The summed E-state index contributed by atoms with van der Waals surface area (Å²) in [7, 11) is 0. The molecule has 0 bridgehead atoms. The molecular weight excluding hydrogens is 290 g/mol. The largest absolute Gasteiger partial charge is 0.412 e. The molecular formula is C10H20O3Sb. The molecule has 0 aliphatic heterocycles. The molecule has 0 aromatic heterocycles. The maximum Gasteiger partial charge on any atom is -0.412 e. The third-order valence-corrected chi connectivity index (χ3v) is 3.34. The molecule has 4 heteroatoms. The Kier molecular flexibility index (Phi) is 13.2. The van der Waals surface area contributed by atoms with Gasteiger partial charge in [-0.3, -0.25) is 0 Å². The standard InChI is InChI=1S/C10H13.3H2O.Sb.H/c1-3-9-7-5-6-8-10(9)4-2;;;;;/h5-7H,3-4H2,1-2H3;3*1H2;;. The van der Waals surface area contributed by atoms with Crippen molar-refractivity contribution in [2.24, 2.45) is 0 Å². The van der Waals surface area contributed by atoms with Crippen LogP contribution in [0.2, 0.25) is 0 Å². The van der Waals surface area contributed by atoms with E-state index in [1.165, 1.54) is 21.9 Å². The summed E-state index contributed by atoms with van der Waals surface area (Å²) < 4.78 is 1.53. The number of benzene rings is 1. The SMILES string of the molecule is CCc1ccc[c]([SbH])c1CC.O.O.O. The third-order valence-electron chi connectivity index (χ3n) is 2.01. The number of rotatable bonds is 2. The molecule has 0 heterocycles. The molecule has 0 spiro atoms. The number of hydrogen-bond acceptors (Lipinski definition) is 0. The Balaban J connectivity index is -0.000000403. The first-order valence-electron chi connectivity index (χ1n) is 4.12. The van der Waals surface area contributed by atoms with Gasteiger partial charge in [0.05, 0.1) is 0 Å². The van der Waals surface area contributed by atoms with Gasteiger partial charge in [0.25, 0.3) is 0 Å². The fourth-order valence-corrected chi connectivity index (χ4v) is 2.62. The van der Waals surface area contributed by atoms with Crippen molar-refractivity contribution in [2.45, 2.75) is 26.7 Å². The molecule has 1 aromatic rings. The van der Waals surface area contributed by atoms with Gasteiger partial charge >= 0.3 is 82.5 Å². The van der Waals surface area contributed by atoms with E-state index in [1.54, 1.807) is 28.6 Å². The molecule has 6 N–H and O–H groups in total. The van der Waals surface area contributed by atoms with E-state index in [9.17, 15) is 0 Å². The van der Waals surface area contributed by atoms with Crippen LogP contribution in [0, 0.1) is 0 Å². The molecule has 0 aliphatic carbocycles. The Bertz CT molecular complexity index is 251. The van der Waals surface area contributed by atoms with Crippen LogP contribution in [-0.4, -0.2) is 39.5 Å². The average molecular weight is 310 g/mol. The normalized spacial score (nSPS) is 7.93. The summed E-state index contributed by atoms with van der Waals surface area (Å²) in [5.74, 6) is 0. The fraction of sp³-hybridized carbons (Fsp3) is 0.400. The zero-order chi connectivity index (χ0) is 8.27. The van der Waals surface area contributed by atoms with Crippen molar-refractivity contribution in [3.8, 4) is 0 Å². The van der Waals surface area contributed by atoms with E-state index in [-0.39, 0.29) is 16.4 Å². The Labute approximate surface area is 98.9 Å². The van der Waals surface area contributed by atoms with Crippen LogP contribution in [0.1, 0.15) is 25.0 Å². The van der Waals surface area contributed by atoms with Crippen molar-refractivity contribution in [1.29, 1.82) is 0 Å². The molecule has 1 rings (SSSR count). The molecule has 0 saturated carbocycles. The van der Waals surface area contributed by atoms with Gasteiger partial charge in [0.2, 0.25) is 0 Å². The Morgan fingerprint density at radius 1 is 1.00 bits per heavy atom. The Morgan fingerprint density at radius 3 is 1.93 bits per heavy atom. The van der Waals surface area contributed by atoms with Crippen LogP contribution in [0.3, 0.4) is 0 Å². The van der Waals surface area contributed by atoms with E-state index < -0.39 is 0 Å².